The van der Waals surface area contributed by atoms with Crippen LogP contribution < -0.4 is 10.6 Å². The van der Waals surface area contributed by atoms with Crippen LogP contribution in [0.25, 0.3) is 11.3 Å². The second kappa shape index (κ2) is 8.44. The largest absolute Gasteiger partial charge is 0.356 e. The number of nitrogens with zero attached hydrogens (tertiary/aromatic N) is 1. The van der Waals surface area contributed by atoms with Crippen LogP contribution >= 0.6 is 0 Å². The molecule has 0 aliphatic carbocycles. The Morgan fingerprint density at radius 3 is 2.24 bits per heavy atom. The summed E-state index contributed by atoms with van der Waals surface area (Å²) in [5.41, 5.74) is 5.42. The minimum atomic E-state index is -0.141. The topological polar surface area (TPSA) is 67.2 Å². The molecule has 0 aliphatic heterocycles. The first-order chi connectivity index (χ1) is 14.2. The minimum Gasteiger partial charge on any atom is -0.356 e. The highest BCUT2D eigenvalue weighted by Gasteiger charge is 2.11. The Bertz CT molecular complexity index is 1090. The molecule has 0 saturated carbocycles. The van der Waals surface area contributed by atoms with Crippen molar-refractivity contribution in [3.63, 3.8) is 0 Å². The Labute approximate surface area is 169 Å². The van der Waals surface area contributed by atoms with E-state index in [0.29, 0.717) is 11.5 Å². The maximum absolute atomic E-state index is 12.3. The Balaban J connectivity index is 1.34. The van der Waals surface area contributed by atoms with E-state index in [1.807, 2.05) is 85.8 Å². The molecule has 1 heterocycles. The molecule has 0 spiro atoms. The number of aromatic nitrogens is 1. The Kier molecular flexibility index (Phi) is 5.38. The molecule has 3 aromatic carbocycles. The van der Waals surface area contributed by atoms with Crippen LogP contribution in [0, 0.1) is 6.92 Å². The Morgan fingerprint density at radius 2 is 1.52 bits per heavy atom. The first-order valence-electron chi connectivity index (χ1n) is 9.40. The predicted molar refractivity (Wildman–Crippen MR) is 115 cm³/mol. The monoisotopic (exact) mass is 383 g/mol. The van der Waals surface area contributed by atoms with Crippen molar-refractivity contribution >= 4 is 23.0 Å². The summed E-state index contributed by atoms with van der Waals surface area (Å²) in [7, 11) is 0. The molecule has 4 aromatic rings. The lowest BCUT2D eigenvalue weighted by Crippen LogP contribution is -2.14. The summed E-state index contributed by atoms with van der Waals surface area (Å²) in [6.07, 6.45) is 0.152. The fourth-order valence-corrected chi connectivity index (χ4v) is 2.94. The van der Waals surface area contributed by atoms with Gasteiger partial charge in [-0.1, -0.05) is 53.2 Å². The van der Waals surface area contributed by atoms with E-state index in [0.717, 1.165) is 22.6 Å². The predicted octanol–water partition coefficient (Wildman–Crippen LogP) is 5.57. The SMILES string of the molecule is Cc1ccc(-c2cc(CC(=O)Nc3ccc(Nc4ccccc4)cc3)no2)cc1. The lowest BCUT2D eigenvalue weighted by Gasteiger charge is -2.08. The van der Waals surface area contributed by atoms with Gasteiger partial charge in [0.2, 0.25) is 5.91 Å². The molecule has 29 heavy (non-hydrogen) atoms. The van der Waals surface area contributed by atoms with Crippen LogP contribution in [0.15, 0.2) is 89.5 Å². The number of hydrogen-bond acceptors (Lipinski definition) is 4. The molecule has 2 N–H and O–H groups in total. The standard InChI is InChI=1S/C24H21N3O2/c1-17-7-9-18(10-8-17)23-15-22(27-29-23)16-24(28)26-21-13-11-20(12-14-21)25-19-5-3-2-4-6-19/h2-15,25H,16H2,1H3,(H,26,28). The molecule has 0 radical (unpaired) electrons. The van der Waals surface area contributed by atoms with Crippen molar-refractivity contribution < 1.29 is 9.32 Å². The summed E-state index contributed by atoms with van der Waals surface area (Å²) in [4.78, 5) is 12.3. The number of nitrogens with one attached hydrogen (secondary N) is 2. The number of aryl methyl sites for hydroxylation is 1. The summed E-state index contributed by atoms with van der Waals surface area (Å²) in [5.74, 6) is 0.515. The van der Waals surface area contributed by atoms with Gasteiger partial charge in [0.25, 0.3) is 0 Å². The molecule has 0 bridgehead atoms. The van der Waals surface area contributed by atoms with E-state index in [-0.39, 0.29) is 12.3 Å². The highest BCUT2D eigenvalue weighted by atomic mass is 16.5. The van der Waals surface area contributed by atoms with E-state index in [4.69, 9.17) is 4.52 Å². The quantitative estimate of drug-likeness (QED) is 0.456. The van der Waals surface area contributed by atoms with Gasteiger partial charge in [-0.05, 0) is 43.3 Å². The number of amides is 1. The minimum absolute atomic E-state index is 0.141. The zero-order valence-electron chi connectivity index (χ0n) is 16.1. The van der Waals surface area contributed by atoms with E-state index in [1.54, 1.807) is 6.07 Å². The fraction of sp³-hybridized carbons (Fsp3) is 0.0833. The van der Waals surface area contributed by atoms with Crippen molar-refractivity contribution in [3.05, 3.63) is 96.2 Å². The highest BCUT2D eigenvalue weighted by molar-refractivity contribution is 5.92. The van der Waals surface area contributed by atoms with Crippen LogP contribution in [0.2, 0.25) is 0 Å². The zero-order chi connectivity index (χ0) is 20.1. The highest BCUT2D eigenvalue weighted by Crippen LogP contribution is 2.22. The summed E-state index contributed by atoms with van der Waals surface area (Å²) >= 11 is 0. The van der Waals surface area contributed by atoms with Gasteiger partial charge in [0.15, 0.2) is 5.76 Å². The third kappa shape index (κ3) is 4.90. The second-order valence-electron chi connectivity index (χ2n) is 6.84. The fourth-order valence-electron chi connectivity index (χ4n) is 2.94. The number of para-hydroxylation sites is 1. The van der Waals surface area contributed by atoms with E-state index < -0.39 is 0 Å². The van der Waals surface area contributed by atoms with Crippen LogP contribution in [-0.4, -0.2) is 11.1 Å². The van der Waals surface area contributed by atoms with Crippen LogP contribution in [-0.2, 0) is 11.2 Å². The normalized spacial score (nSPS) is 10.5. The van der Waals surface area contributed by atoms with Gasteiger partial charge in [0, 0.05) is 28.7 Å². The van der Waals surface area contributed by atoms with Gasteiger partial charge in [0.05, 0.1) is 12.1 Å². The van der Waals surface area contributed by atoms with Crippen molar-refractivity contribution in [3.8, 4) is 11.3 Å². The van der Waals surface area contributed by atoms with Gasteiger partial charge in [-0.2, -0.15) is 0 Å². The van der Waals surface area contributed by atoms with Crippen LogP contribution in [0.4, 0.5) is 17.1 Å². The summed E-state index contributed by atoms with van der Waals surface area (Å²) in [5, 5.41) is 10.2. The zero-order valence-corrected chi connectivity index (χ0v) is 16.1. The van der Waals surface area contributed by atoms with Crippen molar-refractivity contribution in [2.24, 2.45) is 0 Å². The van der Waals surface area contributed by atoms with E-state index in [9.17, 15) is 4.79 Å². The number of carbonyl (C=O) groups excluding carboxylic acids is 1. The van der Waals surface area contributed by atoms with Gasteiger partial charge in [-0.15, -0.1) is 0 Å². The smallest absolute Gasteiger partial charge is 0.230 e. The first kappa shape index (κ1) is 18.5. The van der Waals surface area contributed by atoms with Crippen molar-refractivity contribution in [1.82, 2.24) is 5.16 Å². The summed E-state index contributed by atoms with van der Waals surface area (Å²) in [6.45, 7) is 2.03. The lowest BCUT2D eigenvalue weighted by molar-refractivity contribution is -0.115. The van der Waals surface area contributed by atoms with Crippen LogP contribution in [0.5, 0.6) is 0 Å². The third-order valence-electron chi connectivity index (χ3n) is 4.47. The average molecular weight is 383 g/mol. The van der Waals surface area contributed by atoms with E-state index in [2.05, 4.69) is 15.8 Å². The molecular formula is C24H21N3O2. The second-order valence-corrected chi connectivity index (χ2v) is 6.84. The number of benzene rings is 3. The molecule has 0 saturated heterocycles. The molecule has 0 aliphatic rings. The number of rotatable bonds is 6. The molecule has 4 rings (SSSR count). The number of carbonyl (C=O) groups is 1. The summed E-state index contributed by atoms with van der Waals surface area (Å²) < 4.78 is 5.38. The molecular weight excluding hydrogens is 362 g/mol. The molecule has 144 valence electrons. The number of hydrogen-bond donors (Lipinski definition) is 2. The van der Waals surface area contributed by atoms with E-state index >= 15 is 0 Å². The van der Waals surface area contributed by atoms with Gasteiger partial charge in [0.1, 0.15) is 0 Å². The molecule has 5 heteroatoms. The maximum atomic E-state index is 12.3. The van der Waals surface area contributed by atoms with Gasteiger partial charge in [-0.3, -0.25) is 4.79 Å². The average Bonchev–Trinajstić information content (AvgIpc) is 3.19. The Morgan fingerprint density at radius 1 is 0.862 bits per heavy atom. The molecule has 0 atom stereocenters. The van der Waals surface area contributed by atoms with Gasteiger partial charge >= 0.3 is 0 Å². The molecule has 0 unspecified atom stereocenters. The lowest BCUT2D eigenvalue weighted by atomic mass is 10.1. The van der Waals surface area contributed by atoms with Crippen LogP contribution in [0.1, 0.15) is 11.3 Å². The summed E-state index contributed by atoms with van der Waals surface area (Å²) in [6, 6.07) is 27.3. The maximum Gasteiger partial charge on any atom is 0.230 e. The van der Waals surface area contributed by atoms with Crippen molar-refractivity contribution in [2.45, 2.75) is 13.3 Å². The molecule has 1 aromatic heterocycles. The Hall–Kier alpha value is -3.86. The van der Waals surface area contributed by atoms with Gasteiger partial charge < -0.3 is 15.2 Å². The first-order valence-corrected chi connectivity index (χ1v) is 9.40. The molecule has 0 fully saturated rings. The van der Waals surface area contributed by atoms with Crippen molar-refractivity contribution in [1.29, 1.82) is 0 Å². The number of anilines is 3. The molecule has 1 amide bonds. The van der Waals surface area contributed by atoms with Crippen LogP contribution in [0.3, 0.4) is 0 Å². The van der Waals surface area contributed by atoms with Crippen molar-refractivity contribution in [2.75, 3.05) is 10.6 Å². The molecule has 5 nitrogen and oxygen atoms in total. The van der Waals surface area contributed by atoms with Gasteiger partial charge in [-0.25, -0.2) is 0 Å². The third-order valence-corrected chi connectivity index (χ3v) is 4.47. The van der Waals surface area contributed by atoms with E-state index in [1.165, 1.54) is 5.56 Å².